The Labute approximate surface area is 82.9 Å². The molecule has 0 radical (unpaired) electrons. The Kier molecular flexibility index (Phi) is 2.45. The van der Waals surface area contributed by atoms with E-state index in [1.54, 1.807) is 4.80 Å². The first-order valence-electron chi connectivity index (χ1n) is 4.82. The number of nitrogens with one attached hydrogen (secondary N) is 1. The molecule has 0 atom stereocenters. The van der Waals surface area contributed by atoms with Gasteiger partial charge in [-0.15, -0.1) is 0 Å². The first kappa shape index (κ1) is 9.15. The Morgan fingerprint density at radius 2 is 2.21 bits per heavy atom. The maximum absolute atomic E-state index is 4.42. The molecule has 1 aromatic heterocycles. The molecule has 0 fully saturated rings. The van der Waals surface area contributed by atoms with Crippen LogP contribution in [0.3, 0.4) is 0 Å². The summed E-state index contributed by atoms with van der Waals surface area (Å²) in [6.45, 7) is 3.68. The zero-order valence-electron chi connectivity index (χ0n) is 8.49. The minimum Gasteiger partial charge on any atom is -0.316 e. The molecule has 74 valence electrons. The topological polar surface area (TPSA) is 42.7 Å². The highest BCUT2D eigenvalue weighted by molar-refractivity contribution is 5.77. The normalized spacial score (nSPS) is 11.0. The van der Waals surface area contributed by atoms with Crippen LogP contribution in [0.4, 0.5) is 0 Å². The SMILES string of the molecule is CCn1nc2cccc(CNC)c2n1. The van der Waals surface area contributed by atoms with Crippen molar-refractivity contribution in [2.24, 2.45) is 0 Å². The lowest BCUT2D eigenvalue weighted by molar-refractivity contribution is 0.577. The van der Waals surface area contributed by atoms with Crippen LogP contribution in [0.5, 0.6) is 0 Å². The first-order valence-corrected chi connectivity index (χ1v) is 4.82. The van der Waals surface area contributed by atoms with Crippen molar-refractivity contribution in [2.75, 3.05) is 7.05 Å². The van der Waals surface area contributed by atoms with Crippen LogP contribution in [-0.2, 0) is 13.1 Å². The third-order valence-corrected chi connectivity index (χ3v) is 2.19. The maximum Gasteiger partial charge on any atom is 0.117 e. The summed E-state index contributed by atoms with van der Waals surface area (Å²) in [5.41, 5.74) is 3.17. The molecule has 0 bridgehead atoms. The standard InChI is InChI=1S/C10H14N4/c1-3-14-12-9-6-4-5-8(7-11-2)10(9)13-14/h4-6,11H,3,7H2,1-2H3. The molecule has 4 nitrogen and oxygen atoms in total. The van der Waals surface area contributed by atoms with Crippen LogP contribution in [0, 0.1) is 0 Å². The third kappa shape index (κ3) is 1.48. The highest BCUT2D eigenvalue weighted by atomic mass is 15.5. The lowest BCUT2D eigenvalue weighted by Gasteiger charge is -1.98. The fraction of sp³-hybridized carbons (Fsp3) is 0.400. The zero-order chi connectivity index (χ0) is 9.97. The smallest absolute Gasteiger partial charge is 0.117 e. The number of rotatable bonds is 3. The highest BCUT2D eigenvalue weighted by Crippen LogP contribution is 2.14. The second-order valence-corrected chi connectivity index (χ2v) is 3.20. The van der Waals surface area contributed by atoms with Crippen LogP contribution in [0.2, 0.25) is 0 Å². The fourth-order valence-corrected chi connectivity index (χ4v) is 1.51. The molecular weight excluding hydrogens is 176 g/mol. The van der Waals surface area contributed by atoms with Gasteiger partial charge in [-0.1, -0.05) is 12.1 Å². The van der Waals surface area contributed by atoms with E-state index >= 15 is 0 Å². The van der Waals surface area contributed by atoms with Crippen molar-refractivity contribution in [1.29, 1.82) is 0 Å². The minimum absolute atomic E-state index is 0.813. The van der Waals surface area contributed by atoms with E-state index in [9.17, 15) is 0 Å². The number of aromatic nitrogens is 3. The van der Waals surface area contributed by atoms with E-state index in [0.717, 1.165) is 24.1 Å². The zero-order valence-corrected chi connectivity index (χ0v) is 8.49. The van der Waals surface area contributed by atoms with Crippen molar-refractivity contribution < 1.29 is 0 Å². The molecule has 0 unspecified atom stereocenters. The van der Waals surface area contributed by atoms with Crippen LogP contribution < -0.4 is 5.32 Å². The van der Waals surface area contributed by atoms with E-state index in [0.29, 0.717) is 0 Å². The van der Waals surface area contributed by atoms with Crippen molar-refractivity contribution in [3.63, 3.8) is 0 Å². The summed E-state index contributed by atoms with van der Waals surface area (Å²) in [6, 6.07) is 6.09. The Bertz CT molecular complexity index is 433. The van der Waals surface area contributed by atoms with Gasteiger partial charge in [0.05, 0.1) is 6.54 Å². The van der Waals surface area contributed by atoms with Gasteiger partial charge in [-0.2, -0.15) is 15.0 Å². The van der Waals surface area contributed by atoms with Crippen molar-refractivity contribution in [3.8, 4) is 0 Å². The second-order valence-electron chi connectivity index (χ2n) is 3.20. The quantitative estimate of drug-likeness (QED) is 0.790. The summed E-state index contributed by atoms with van der Waals surface area (Å²) < 4.78 is 0. The predicted molar refractivity (Wildman–Crippen MR) is 56.0 cm³/mol. The summed E-state index contributed by atoms with van der Waals surface area (Å²) in [5, 5.41) is 11.9. The molecule has 1 N–H and O–H groups in total. The first-order chi connectivity index (χ1) is 6.85. The average Bonchev–Trinajstić information content (AvgIpc) is 2.62. The molecule has 1 heterocycles. The number of hydrogen-bond donors (Lipinski definition) is 1. The number of fused-ring (bicyclic) bond motifs is 1. The Morgan fingerprint density at radius 3 is 2.93 bits per heavy atom. The van der Waals surface area contributed by atoms with Crippen LogP contribution >= 0.6 is 0 Å². The van der Waals surface area contributed by atoms with Crippen LogP contribution in [0.15, 0.2) is 18.2 Å². The van der Waals surface area contributed by atoms with E-state index in [1.165, 1.54) is 5.56 Å². The summed E-state index contributed by atoms with van der Waals surface area (Å²) >= 11 is 0. The van der Waals surface area contributed by atoms with Crippen molar-refractivity contribution in [2.45, 2.75) is 20.0 Å². The minimum atomic E-state index is 0.813. The molecule has 0 aliphatic heterocycles. The molecular formula is C10H14N4. The van der Waals surface area contributed by atoms with E-state index in [-0.39, 0.29) is 0 Å². The van der Waals surface area contributed by atoms with Gasteiger partial charge in [0.2, 0.25) is 0 Å². The van der Waals surface area contributed by atoms with Gasteiger partial charge in [0.15, 0.2) is 0 Å². The summed E-state index contributed by atoms with van der Waals surface area (Å²) in [5.74, 6) is 0. The number of benzene rings is 1. The van der Waals surface area contributed by atoms with E-state index in [2.05, 4.69) is 21.6 Å². The van der Waals surface area contributed by atoms with E-state index < -0.39 is 0 Å². The molecule has 0 amide bonds. The Morgan fingerprint density at radius 1 is 1.36 bits per heavy atom. The molecule has 0 saturated carbocycles. The fourth-order valence-electron chi connectivity index (χ4n) is 1.51. The Balaban J connectivity index is 2.55. The van der Waals surface area contributed by atoms with Gasteiger partial charge in [-0.05, 0) is 25.6 Å². The summed E-state index contributed by atoms with van der Waals surface area (Å²) in [4.78, 5) is 1.73. The summed E-state index contributed by atoms with van der Waals surface area (Å²) in [6.07, 6.45) is 0. The molecule has 2 aromatic rings. The molecule has 14 heavy (non-hydrogen) atoms. The van der Waals surface area contributed by atoms with Crippen LogP contribution in [0.1, 0.15) is 12.5 Å². The van der Waals surface area contributed by atoms with Gasteiger partial charge < -0.3 is 5.32 Å². The lowest BCUT2D eigenvalue weighted by atomic mass is 10.2. The third-order valence-electron chi connectivity index (χ3n) is 2.19. The van der Waals surface area contributed by atoms with Gasteiger partial charge in [-0.25, -0.2) is 0 Å². The predicted octanol–water partition coefficient (Wildman–Crippen LogP) is 1.17. The molecule has 2 rings (SSSR count). The molecule has 4 heteroatoms. The molecule has 0 spiro atoms. The van der Waals surface area contributed by atoms with Gasteiger partial charge in [-0.3, -0.25) is 0 Å². The number of nitrogens with zero attached hydrogens (tertiary/aromatic N) is 3. The van der Waals surface area contributed by atoms with E-state index in [1.807, 2.05) is 26.1 Å². The van der Waals surface area contributed by atoms with E-state index in [4.69, 9.17) is 0 Å². The number of aryl methyl sites for hydroxylation is 1. The second kappa shape index (κ2) is 3.75. The van der Waals surface area contributed by atoms with Gasteiger partial charge in [0.25, 0.3) is 0 Å². The lowest BCUT2D eigenvalue weighted by Crippen LogP contribution is -2.05. The maximum atomic E-state index is 4.42. The summed E-state index contributed by atoms with van der Waals surface area (Å²) in [7, 11) is 1.93. The monoisotopic (exact) mass is 190 g/mol. The highest BCUT2D eigenvalue weighted by Gasteiger charge is 2.05. The van der Waals surface area contributed by atoms with Gasteiger partial charge in [0.1, 0.15) is 11.0 Å². The molecule has 1 aromatic carbocycles. The van der Waals surface area contributed by atoms with Crippen molar-refractivity contribution in [3.05, 3.63) is 23.8 Å². The molecule has 0 aliphatic rings. The number of hydrogen-bond acceptors (Lipinski definition) is 3. The molecule has 0 aliphatic carbocycles. The largest absolute Gasteiger partial charge is 0.316 e. The van der Waals surface area contributed by atoms with Crippen LogP contribution in [0.25, 0.3) is 11.0 Å². The van der Waals surface area contributed by atoms with Gasteiger partial charge >= 0.3 is 0 Å². The van der Waals surface area contributed by atoms with Crippen LogP contribution in [-0.4, -0.2) is 22.0 Å². The average molecular weight is 190 g/mol. The molecule has 0 saturated heterocycles. The van der Waals surface area contributed by atoms with Crippen molar-refractivity contribution in [1.82, 2.24) is 20.3 Å². The Hall–Kier alpha value is -1.42. The van der Waals surface area contributed by atoms with Gasteiger partial charge in [0, 0.05) is 6.54 Å². The van der Waals surface area contributed by atoms with Crippen molar-refractivity contribution >= 4 is 11.0 Å².